The molecule has 2 aliphatic heterocycles. The van der Waals surface area contributed by atoms with Crippen molar-refractivity contribution < 1.29 is 13.9 Å². The number of aromatic nitrogens is 2. The minimum absolute atomic E-state index is 0.152. The zero-order chi connectivity index (χ0) is 28.7. The fraction of sp³-hybridized carbons (Fsp3) is 0.432. The number of allylic oxidation sites excluding steroid dienone is 2. The summed E-state index contributed by atoms with van der Waals surface area (Å²) in [5.41, 5.74) is 13.1. The lowest BCUT2D eigenvalue weighted by Crippen LogP contribution is -2.51. The number of hydrogen-bond donors (Lipinski definition) is 1. The molecule has 1 saturated carbocycles. The molecular weight excluding hydrogens is 502 g/mol. The van der Waals surface area contributed by atoms with Crippen LogP contribution in [0.5, 0.6) is 0 Å². The molecule has 1 aliphatic carbocycles. The number of rotatable bonds is 4. The lowest BCUT2D eigenvalue weighted by Gasteiger charge is -2.30. The molecule has 2 aromatic heterocycles. The summed E-state index contributed by atoms with van der Waals surface area (Å²) >= 11 is 0. The third-order valence-electron chi connectivity index (χ3n) is 9.83. The zero-order valence-electron chi connectivity index (χ0n) is 25.3. The van der Waals surface area contributed by atoms with Gasteiger partial charge in [-0.05, 0) is 75.3 Å². The molecule has 4 heteroatoms. The van der Waals surface area contributed by atoms with Crippen LogP contribution in [0.1, 0.15) is 111 Å². The maximum absolute atomic E-state index is 8.05. The van der Waals surface area contributed by atoms with Gasteiger partial charge in [-0.25, -0.2) is 0 Å². The Balaban J connectivity index is 1.60. The molecule has 41 heavy (non-hydrogen) atoms. The van der Waals surface area contributed by atoms with Crippen LogP contribution in [0.3, 0.4) is 0 Å². The van der Waals surface area contributed by atoms with Gasteiger partial charge in [0.25, 0.3) is 0 Å². The van der Waals surface area contributed by atoms with Gasteiger partial charge in [-0.2, -0.15) is 9.13 Å². The highest BCUT2D eigenvalue weighted by molar-refractivity contribution is 5.74. The summed E-state index contributed by atoms with van der Waals surface area (Å²) in [5.74, 6) is 1.02. The molecule has 0 saturated heterocycles. The molecule has 0 spiro atoms. The molecule has 3 aromatic rings. The molecule has 1 aromatic carbocycles. The second-order valence-corrected chi connectivity index (χ2v) is 12.4. The van der Waals surface area contributed by atoms with Crippen LogP contribution in [0.15, 0.2) is 67.0 Å². The fourth-order valence-corrected chi connectivity index (χ4v) is 7.74. The Kier molecular flexibility index (Phi) is 7.68. The highest BCUT2D eigenvalue weighted by Crippen LogP contribution is 2.46. The van der Waals surface area contributed by atoms with Gasteiger partial charge < -0.3 is 4.74 Å². The van der Waals surface area contributed by atoms with Gasteiger partial charge >= 0.3 is 0 Å². The minimum atomic E-state index is 0.152. The van der Waals surface area contributed by atoms with Crippen LogP contribution in [0.2, 0.25) is 0 Å². The Morgan fingerprint density at radius 2 is 1.76 bits per heavy atom. The van der Waals surface area contributed by atoms with E-state index in [0.29, 0.717) is 12.5 Å². The Hall–Kier alpha value is -3.53. The number of ether oxygens (including phenoxy) is 1. The maximum Gasteiger partial charge on any atom is 0.217 e. The van der Waals surface area contributed by atoms with Gasteiger partial charge in [0.1, 0.15) is 12.5 Å². The first-order chi connectivity index (χ1) is 19.9. The molecule has 3 aliphatic rings. The fourth-order valence-electron chi connectivity index (χ4n) is 7.74. The van der Waals surface area contributed by atoms with E-state index >= 15 is 0 Å². The number of benzene rings is 1. The van der Waals surface area contributed by atoms with E-state index in [2.05, 4.69) is 84.8 Å². The topological polar surface area (TPSA) is 40.8 Å². The average Bonchev–Trinajstić information content (AvgIpc) is 3.02. The first-order valence-electron chi connectivity index (χ1n) is 15.6. The molecule has 0 amide bonds. The Morgan fingerprint density at radius 3 is 2.51 bits per heavy atom. The lowest BCUT2D eigenvalue weighted by atomic mass is 9.78. The van der Waals surface area contributed by atoms with Crippen molar-refractivity contribution in [3.63, 3.8) is 0 Å². The number of nitrogens with one attached hydrogen (secondary N) is 1. The van der Waals surface area contributed by atoms with Crippen molar-refractivity contribution in [2.75, 3.05) is 6.61 Å². The van der Waals surface area contributed by atoms with Crippen molar-refractivity contribution in [1.82, 2.24) is 0 Å². The van der Waals surface area contributed by atoms with Crippen LogP contribution in [-0.2, 0) is 4.74 Å². The van der Waals surface area contributed by atoms with E-state index in [0.717, 1.165) is 25.0 Å². The number of nitrogens with zero attached hydrogens (tertiary/aromatic N) is 2. The largest absolute Gasteiger partial charge is 0.476 e. The maximum atomic E-state index is 8.05. The normalized spacial score (nSPS) is 22.4. The SMILES string of the molecule is C=C1C2c3ccccc3-c3ccc(C)c[n+]3C2CC/C(CC)=C(/COC(C)=N)c2cc(C)c(C3CCCCC3)c[n+]21. The van der Waals surface area contributed by atoms with Crippen molar-refractivity contribution in [2.24, 2.45) is 0 Å². The molecule has 6 rings (SSSR count). The molecule has 212 valence electrons. The second-order valence-electron chi connectivity index (χ2n) is 12.4. The molecular formula is C37H45N3O+2. The smallest absolute Gasteiger partial charge is 0.217 e. The minimum Gasteiger partial charge on any atom is -0.476 e. The van der Waals surface area contributed by atoms with E-state index in [4.69, 9.17) is 16.7 Å². The molecule has 0 radical (unpaired) electrons. The average molecular weight is 548 g/mol. The van der Waals surface area contributed by atoms with E-state index in [1.54, 1.807) is 6.92 Å². The van der Waals surface area contributed by atoms with E-state index in [1.807, 2.05) is 0 Å². The number of aryl methyl sites for hydroxylation is 2. The van der Waals surface area contributed by atoms with Crippen molar-refractivity contribution in [2.45, 2.75) is 96.9 Å². The highest BCUT2D eigenvalue weighted by atomic mass is 16.5. The van der Waals surface area contributed by atoms with E-state index < -0.39 is 0 Å². The van der Waals surface area contributed by atoms with Gasteiger partial charge in [0, 0.05) is 36.6 Å². The molecule has 4 nitrogen and oxygen atoms in total. The predicted octanol–water partition coefficient (Wildman–Crippen LogP) is 8.37. The summed E-state index contributed by atoms with van der Waals surface area (Å²) < 4.78 is 10.9. The van der Waals surface area contributed by atoms with Crippen LogP contribution in [0.25, 0.3) is 22.5 Å². The summed E-state index contributed by atoms with van der Waals surface area (Å²) in [6.07, 6.45) is 14.3. The van der Waals surface area contributed by atoms with Crippen LogP contribution < -0.4 is 9.13 Å². The van der Waals surface area contributed by atoms with Gasteiger partial charge in [-0.15, -0.1) is 0 Å². The molecule has 2 atom stereocenters. The monoisotopic (exact) mass is 547 g/mol. The summed E-state index contributed by atoms with van der Waals surface area (Å²) in [7, 11) is 0. The van der Waals surface area contributed by atoms with Crippen molar-refractivity contribution >= 4 is 17.2 Å². The molecule has 1 fully saturated rings. The van der Waals surface area contributed by atoms with Gasteiger partial charge in [0.15, 0.2) is 30.0 Å². The third-order valence-corrected chi connectivity index (χ3v) is 9.83. The Bertz CT molecular complexity index is 1540. The van der Waals surface area contributed by atoms with Gasteiger partial charge in [0.05, 0.1) is 11.1 Å². The van der Waals surface area contributed by atoms with Crippen molar-refractivity contribution in [1.29, 1.82) is 5.41 Å². The highest BCUT2D eigenvalue weighted by Gasteiger charge is 2.46. The number of fused-ring (bicyclic) bond motifs is 7. The van der Waals surface area contributed by atoms with Crippen molar-refractivity contribution in [3.8, 4) is 11.3 Å². The molecule has 0 bridgehead atoms. The molecule has 1 N–H and O–H groups in total. The standard InChI is InChI=1S/C37H45N3O/c1-6-28-17-19-35-37(31-15-11-10-14-30(31)34-18-16-24(2)21-40(34)35)26(4)39-22-32(29-12-8-7-9-13-29)25(3)20-36(39)33(28)23-41-27(5)38/h10-11,14-16,18,20-22,29,35,37-38H,4,6-9,12-13,17,19,23H2,1-3,5H3/q+2/b33-28-,38-27?. The van der Waals surface area contributed by atoms with Crippen LogP contribution in [0, 0.1) is 19.3 Å². The quantitative estimate of drug-likeness (QED) is 0.199. The first-order valence-corrected chi connectivity index (χ1v) is 15.6. The van der Waals surface area contributed by atoms with Gasteiger partial charge in [-0.1, -0.05) is 50.0 Å². The predicted molar refractivity (Wildman–Crippen MR) is 167 cm³/mol. The number of pyridine rings is 2. The summed E-state index contributed by atoms with van der Waals surface area (Å²) in [6.45, 7) is 13.8. The summed E-state index contributed by atoms with van der Waals surface area (Å²) in [4.78, 5) is 0. The van der Waals surface area contributed by atoms with Gasteiger partial charge in [0.2, 0.25) is 11.4 Å². The zero-order valence-corrected chi connectivity index (χ0v) is 25.3. The second kappa shape index (κ2) is 11.4. The first kappa shape index (κ1) is 27.6. The number of hydrogen-bond acceptors (Lipinski definition) is 2. The third kappa shape index (κ3) is 5.07. The summed E-state index contributed by atoms with van der Waals surface area (Å²) in [6, 6.07) is 16.2. The molecule has 4 heterocycles. The van der Waals surface area contributed by atoms with Crippen LogP contribution in [-0.4, -0.2) is 12.5 Å². The molecule has 2 unspecified atom stereocenters. The van der Waals surface area contributed by atoms with Crippen LogP contribution in [0.4, 0.5) is 0 Å². The van der Waals surface area contributed by atoms with E-state index in [-0.39, 0.29) is 17.9 Å². The van der Waals surface area contributed by atoms with Gasteiger partial charge in [-0.3, -0.25) is 5.41 Å². The summed E-state index contributed by atoms with van der Waals surface area (Å²) in [5, 5.41) is 8.05. The van der Waals surface area contributed by atoms with Crippen molar-refractivity contribution in [3.05, 3.63) is 95.0 Å². The van der Waals surface area contributed by atoms with E-state index in [1.165, 1.54) is 82.5 Å². The lowest BCUT2D eigenvalue weighted by molar-refractivity contribution is -0.720. The Labute approximate surface area is 245 Å². The Morgan fingerprint density at radius 1 is 0.976 bits per heavy atom. The van der Waals surface area contributed by atoms with E-state index in [9.17, 15) is 0 Å². The van der Waals surface area contributed by atoms with Crippen LogP contribution >= 0.6 is 0 Å².